The number of hydrogen-bond acceptors (Lipinski definition) is 5. The molecule has 1 N–H and O–H groups in total. The summed E-state index contributed by atoms with van der Waals surface area (Å²) in [5.74, 6) is 0.955. The Bertz CT molecular complexity index is 941. The van der Waals surface area contributed by atoms with Crippen molar-refractivity contribution in [3.8, 4) is 0 Å². The highest BCUT2D eigenvalue weighted by molar-refractivity contribution is 5.91. The molecule has 1 aromatic heterocycles. The zero-order valence-corrected chi connectivity index (χ0v) is 16.1. The van der Waals surface area contributed by atoms with Gasteiger partial charge in [0, 0.05) is 30.2 Å². The maximum atomic E-state index is 5.49. The highest BCUT2D eigenvalue weighted by Gasteiger charge is 2.18. The quantitative estimate of drug-likeness (QED) is 0.706. The lowest BCUT2D eigenvalue weighted by molar-refractivity contribution is 0.122. The Kier molecular flexibility index (Phi) is 4.83. The van der Waals surface area contributed by atoms with Crippen LogP contribution in [-0.4, -0.2) is 42.3 Å². The third-order valence-electron chi connectivity index (χ3n) is 5.98. The van der Waals surface area contributed by atoms with Crippen molar-refractivity contribution in [2.24, 2.45) is 0 Å². The standard InChI is InChI=1S/C23H26N4O/c1-2-4-18-6-8-19(7-5-17(18)3-1)26-23-21-15-20(27-11-13-28-14-12-27)9-10-22(21)24-16-25-23/h1-4,9-10,15-16,19H,5-8,11-14H2,(H,24,25,26). The molecule has 2 aromatic carbocycles. The van der Waals surface area contributed by atoms with E-state index in [9.17, 15) is 0 Å². The lowest BCUT2D eigenvalue weighted by atomic mass is 10.0. The molecule has 1 aliphatic heterocycles. The Hall–Kier alpha value is -2.66. The molecule has 0 saturated carbocycles. The van der Waals surface area contributed by atoms with E-state index in [0.717, 1.165) is 68.7 Å². The van der Waals surface area contributed by atoms with E-state index < -0.39 is 0 Å². The fourth-order valence-corrected chi connectivity index (χ4v) is 4.36. The molecule has 0 atom stereocenters. The van der Waals surface area contributed by atoms with Crippen molar-refractivity contribution >= 4 is 22.4 Å². The van der Waals surface area contributed by atoms with Gasteiger partial charge in [0.05, 0.1) is 18.7 Å². The summed E-state index contributed by atoms with van der Waals surface area (Å²) < 4.78 is 5.49. The monoisotopic (exact) mass is 374 g/mol. The summed E-state index contributed by atoms with van der Waals surface area (Å²) in [4.78, 5) is 11.5. The van der Waals surface area contributed by atoms with Crippen molar-refractivity contribution in [3.63, 3.8) is 0 Å². The van der Waals surface area contributed by atoms with Gasteiger partial charge in [-0.2, -0.15) is 0 Å². The molecule has 0 bridgehead atoms. The molecule has 1 aliphatic carbocycles. The van der Waals surface area contributed by atoms with Gasteiger partial charge in [-0.3, -0.25) is 0 Å². The molecule has 144 valence electrons. The second-order valence-electron chi connectivity index (χ2n) is 7.71. The molecule has 28 heavy (non-hydrogen) atoms. The van der Waals surface area contributed by atoms with Gasteiger partial charge in [0.15, 0.2) is 0 Å². The van der Waals surface area contributed by atoms with Gasteiger partial charge >= 0.3 is 0 Å². The van der Waals surface area contributed by atoms with Crippen LogP contribution in [0.5, 0.6) is 0 Å². The van der Waals surface area contributed by atoms with Gasteiger partial charge in [-0.15, -0.1) is 0 Å². The van der Waals surface area contributed by atoms with Crippen LogP contribution in [0.2, 0.25) is 0 Å². The molecule has 1 saturated heterocycles. The number of fused-ring (bicyclic) bond motifs is 2. The third-order valence-corrected chi connectivity index (χ3v) is 5.98. The van der Waals surface area contributed by atoms with E-state index >= 15 is 0 Å². The topological polar surface area (TPSA) is 50.3 Å². The molecule has 3 aromatic rings. The van der Waals surface area contributed by atoms with Crippen molar-refractivity contribution < 1.29 is 4.74 Å². The van der Waals surface area contributed by atoms with Crippen LogP contribution in [0.3, 0.4) is 0 Å². The van der Waals surface area contributed by atoms with Gasteiger partial charge in [-0.1, -0.05) is 24.3 Å². The molecule has 5 heteroatoms. The fraction of sp³-hybridized carbons (Fsp3) is 0.391. The Balaban J connectivity index is 1.39. The van der Waals surface area contributed by atoms with Crippen LogP contribution in [0.1, 0.15) is 24.0 Å². The second kappa shape index (κ2) is 7.76. The zero-order chi connectivity index (χ0) is 18.8. The second-order valence-corrected chi connectivity index (χ2v) is 7.71. The van der Waals surface area contributed by atoms with Crippen molar-refractivity contribution in [2.75, 3.05) is 36.5 Å². The van der Waals surface area contributed by atoms with Gasteiger partial charge in [-0.25, -0.2) is 9.97 Å². The van der Waals surface area contributed by atoms with E-state index in [4.69, 9.17) is 4.74 Å². The van der Waals surface area contributed by atoms with Crippen LogP contribution in [0.25, 0.3) is 10.9 Å². The minimum atomic E-state index is 0.428. The number of aryl methyl sites for hydroxylation is 2. The molecule has 1 fully saturated rings. The van der Waals surface area contributed by atoms with Crippen LogP contribution < -0.4 is 10.2 Å². The summed E-state index contributed by atoms with van der Waals surface area (Å²) in [5, 5.41) is 4.84. The number of anilines is 2. The predicted molar refractivity (Wildman–Crippen MR) is 113 cm³/mol. The van der Waals surface area contributed by atoms with E-state index in [-0.39, 0.29) is 0 Å². The number of hydrogen-bond donors (Lipinski definition) is 1. The summed E-state index contributed by atoms with van der Waals surface area (Å²) in [6.45, 7) is 3.44. The number of morpholine rings is 1. The van der Waals surface area contributed by atoms with E-state index in [1.165, 1.54) is 16.8 Å². The molecule has 5 nitrogen and oxygen atoms in total. The summed E-state index contributed by atoms with van der Waals surface area (Å²) in [6.07, 6.45) is 6.17. The minimum Gasteiger partial charge on any atom is -0.378 e. The average molecular weight is 374 g/mol. The SMILES string of the molecule is c1ccc2c(c1)CCC(Nc1ncnc3ccc(N4CCOCC4)cc13)CC2. The lowest BCUT2D eigenvalue weighted by Crippen LogP contribution is -2.36. The number of aromatic nitrogens is 2. The average Bonchev–Trinajstić information content (AvgIpc) is 2.97. The van der Waals surface area contributed by atoms with Crippen LogP contribution >= 0.6 is 0 Å². The first-order chi connectivity index (χ1) is 13.9. The van der Waals surface area contributed by atoms with Crippen LogP contribution in [0.15, 0.2) is 48.8 Å². The normalized spacial score (nSPS) is 17.9. The van der Waals surface area contributed by atoms with Crippen molar-refractivity contribution in [2.45, 2.75) is 31.7 Å². The maximum absolute atomic E-state index is 5.49. The van der Waals surface area contributed by atoms with Crippen molar-refractivity contribution in [3.05, 3.63) is 59.9 Å². The first-order valence-electron chi connectivity index (χ1n) is 10.3. The summed E-state index contributed by atoms with van der Waals surface area (Å²) in [7, 11) is 0. The summed E-state index contributed by atoms with van der Waals surface area (Å²) in [6, 6.07) is 15.8. The van der Waals surface area contributed by atoms with E-state index in [0.29, 0.717) is 6.04 Å². The number of nitrogens with zero attached hydrogens (tertiary/aromatic N) is 3. The van der Waals surface area contributed by atoms with E-state index in [1.807, 2.05) is 0 Å². The molecule has 0 radical (unpaired) electrons. The molecule has 0 spiro atoms. The van der Waals surface area contributed by atoms with Gasteiger partial charge in [0.2, 0.25) is 0 Å². The summed E-state index contributed by atoms with van der Waals surface area (Å²) >= 11 is 0. The highest BCUT2D eigenvalue weighted by atomic mass is 16.5. The van der Waals surface area contributed by atoms with Crippen LogP contribution in [0, 0.1) is 0 Å². The lowest BCUT2D eigenvalue weighted by Gasteiger charge is -2.29. The smallest absolute Gasteiger partial charge is 0.137 e. The maximum Gasteiger partial charge on any atom is 0.137 e. The number of rotatable bonds is 3. The van der Waals surface area contributed by atoms with Gasteiger partial charge < -0.3 is 15.0 Å². The molecular formula is C23H26N4O. The molecule has 5 rings (SSSR count). The van der Waals surface area contributed by atoms with Crippen LogP contribution in [-0.2, 0) is 17.6 Å². The number of benzene rings is 2. The Morgan fingerprint density at radius 1 is 0.929 bits per heavy atom. The van der Waals surface area contributed by atoms with E-state index in [1.54, 1.807) is 6.33 Å². The van der Waals surface area contributed by atoms with Crippen molar-refractivity contribution in [1.82, 2.24) is 9.97 Å². The largest absolute Gasteiger partial charge is 0.378 e. The fourth-order valence-electron chi connectivity index (χ4n) is 4.36. The van der Waals surface area contributed by atoms with E-state index in [2.05, 4.69) is 62.6 Å². The molecular weight excluding hydrogens is 348 g/mol. The molecule has 2 heterocycles. The third kappa shape index (κ3) is 3.54. The first kappa shape index (κ1) is 17.4. The predicted octanol–water partition coefficient (Wildman–Crippen LogP) is 3.83. The number of ether oxygens (including phenoxy) is 1. The summed E-state index contributed by atoms with van der Waals surface area (Å²) in [5.41, 5.74) is 5.20. The van der Waals surface area contributed by atoms with Gasteiger partial charge in [0.25, 0.3) is 0 Å². The zero-order valence-electron chi connectivity index (χ0n) is 16.1. The van der Waals surface area contributed by atoms with Gasteiger partial charge in [-0.05, 0) is 55.0 Å². The number of nitrogens with one attached hydrogen (secondary N) is 1. The highest BCUT2D eigenvalue weighted by Crippen LogP contribution is 2.28. The molecule has 0 amide bonds. The molecule has 2 aliphatic rings. The van der Waals surface area contributed by atoms with Crippen LogP contribution in [0.4, 0.5) is 11.5 Å². The Labute approximate surface area is 165 Å². The minimum absolute atomic E-state index is 0.428. The van der Waals surface area contributed by atoms with Gasteiger partial charge in [0.1, 0.15) is 12.1 Å². The molecule has 0 unspecified atom stereocenters. The Morgan fingerprint density at radius 2 is 1.68 bits per heavy atom. The van der Waals surface area contributed by atoms with Crippen molar-refractivity contribution in [1.29, 1.82) is 0 Å². The first-order valence-corrected chi connectivity index (χ1v) is 10.3. The Morgan fingerprint density at radius 3 is 2.43 bits per heavy atom.